The quantitative estimate of drug-likeness (QED) is 0.433. The van der Waals surface area contributed by atoms with Crippen LogP contribution in [0.5, 0.6) is 0 Å². The molecule has 0 unspecified atom stereocenters. The highest BCUT2D eigenvalue weighted by Gasteiger charge is 2.53. The van der Waals surface area contributed by atoms with Crippen molar-refractivity contribution in [2.45, 2.75) is 69.5 Å². The van der Waals surface area contributed by atoms with Gasteiger partial charge in [0.1, 0.15) is 17.5 Å². The number of nitrogens with one attached hydrogen (secondary N) is 2. The summed E-state index contributed by atoms with van der Waals surface area (Å²) in [6.07, 6.45) is 2.04. The normalized spacial score (nSPS) is 20.9. The van der Waals surface area contributed by atoms with Crippen LogP contribution in [0.25, 0.3) is 10.4 Å². The summed E-state index contributed by atoms with van der Waals surface area (Å²) >= 11 is 2.99. The van der Waals surface area contributed by atoms with E-state index in [2.05, 4.69) is 21.7 Å². The van der Waals surface area contributed by atoms with Crippen LogP contribution in [-0.2, 0) is 20.9 Å². The number of carbonyl (C=O) groups excluding carboxylic acids is 3. The van der Waals surface area contributed by atoms with Crippen molar-refractivity contribution in [3.8, 4) is 16.5 Å². The third kappa shape index (κ3) is 5.72. The van der Waals surface area contributed by atoms with Crippen LogP contribution in [0.4, 0.5) is 0 Å². The van der Waals surface area contributed by atoms with E-state index in [0.29, 0.717) is 12.8 Å². The predicted molar refractivity (Wildman–Crippen MR) is 147 cm³/mol. The molecule has 4 rings (SSSR count). The number of aryl methyl sites for hydroxylation is 1. The van der Waals surface area contributed by atoms with Crippen molar-refractivity contribution in [2.75, 3.05) is 12.8 Å². The Balaban J connectivity index is 1.45. The first-order valence-electron chi connectivity index (χ1n) is 12.5. The molecule has 1 aliphatic carbocycles. The van der Waals surface area contributed by atoms with Crippen molar-refractivity contribution in [2.24, 2.45) is 5.41 Å². The molecule has 1 saturated carbocycles. The molecule has 202 valence electrons. The number of β-amino-alcohol motifs (C(OH)–C–C–N with tert-alkyl or cyclic N) is 1. The van der Waals surface area contributed by atoms with Crippen molar-refractivity contribution in [1.82, 2.24) is 20.5 Å². The monoisotopic (exact) mass is 555 g/mol. The number of thioether (sulfide) groups is 1. The number of hydrogen-bond donors (Lipinski definition) is 3. The molecule has 0 bridgehead atoms. The van der Waals surface area contributed by atoms with Gasteiger partial charge in [0.25, 0.3) is 0 Å². The summed E-state index contributed by atoms with van der Waals surface area (Å²) in [6, 6.07) is 8.10. The zero-order valence-electron chi connectivity index (χ0n) is 22.0. The fourth-order valence-corrected chi connectivity index (χ4v) is 5.77. The number of nitrogens with zero attached hydrogens (tertiary/aromatic N) is 3. The minimum absolute atomic E-state index is 0.0000413. The van der Waals surface area contributed by atoms with Crippen molar-refractivity contribution in [3.63, 3.8) is 0 Å². The SMILES string of the molecule is CSC(C)(C)[C@H](NC(=O)C1(C#N)CC1)C(=O)N1C[C@H](O)C[C@H]1C(=O)NCc1ccc(-c2scnc2C)cc1. The summed E-state index contributed by atoms with van der Waals surface area (Å²) in [4.78, 5) is 46.6. The van der Waals surface area contributed by atoms with Crippen LogP contribution in [0.15, 0.2) is 29.8 Å². The van der Waals surface area contributed by atoms with Gasteiger partial charge in [-0.15, -0.1) is 11.3 Å². The Hall–Kier alpha value is -2.94. The molecule has 0 radical (unpaired) electrons. The molecule has 2 fully saturated rings. The Labute approximate surface area is 231 Å². The third-order valence-electron chi connectivity index (χ3n) is 7.44. The third-order valence-corrected chi connectivity index (χ3v) is 9.70. The summed E-state index contributed by atoms with van der Waals surface area (Å²) in [6.45, 7) is 5.92. The van der Waals surface area contributed by atoms with Crippen molar-refractivity contribution >= 4 is 40.8 Å². The molecule has 2 heterocycles. The van der Waals surface area contributed by atoms with Crippen molar-refractivity contribution in [3.05, 3.63) is 41.0 Å². The molecule has 11 heteroatoms. The molecule has 1 aromatic heterocycles. The number of amides is 3. The topological polar surface area (TPSA) is 135 Å². The Morgan fingerprint density at radius 2 is 2.00 bits per heavy atom. The van der Waals surface area contributed by atoms with Crippen LogP contribution >= 0.6 is 23.1 Å². The van der Waals surface area contributed by atoms with Gasteiger partial charge in [-0.1, -0.05) is 24.3 Å². The largest absolute Gasteiger partial charge is 0.391 e. The zero-order valence-corrected chi connectivity index (χ0v) is 23.6. The highest BCUT2D eigenvalue weighted by molar-refractivity contribution is 8.00. The van der Waals surface area contributed by atoms with Crippen LogP contribution in [0, 0.1) is 23.7 Å². The maximum atomic E-state index is 13.8. The maximum Gasteiger partial charge on any atom is 0.247 e. The van der Waals surface area contributed by atoms with Gasteiger partial charge in [-0.3, -0.25) is 14.4 Å². The highest BCUT2D eigenvalue weighted by Crippen LogP contribution is 2.45. The summed E-state index contributed by atoms with van der Waals surface area (Å²) in [5, 5.41) is 25.5. The Bertz CT molecular complexity index is 1250. The highest BCUT2D eigenvalue weighted by atomic mass is 32.2. The lowest BCUT2D eigenvalue weighted by atomic mass is 9.99. The fourth-order valence-electron chi connectivity index (χ4n) is 4.57. The van der Waals surface area contributed by atoms with Crippen LogP contribution in [-0.4, -0.2) is 68.4 Å². The first kappa shape index (κ1) is 28.1. The molecule has 3 atom stereocenters. The lowest BCUT2D eigenvalue weighted by Gasteiger charge is -2.36. The molecule has 0 spiro atoms. The van der Waals surface area contributed by atoms with Gasteiger partial charge in [-0.2, -0.15) is 17.0 Å². The lowest BCUT2D eigenvalue weighted by Crippen LogP contribution is -2.60. The molecule has 1 aromatic carbocycles. The van der Waals surface area contributed by atoms with Gasteiger partial charge in [0.05, 0.1) is 28.3 Å². The van der Waals surface area contributed by atoms with Gasteiger partial charge >= 0.3 is 0 Å². The van der Waals surface area contributed by atoms with E-state index in [4.69, 9.17) is 0 Å². The minimum Gasteiger partial charge on any atom is -0.391 e. The summed E-state index contributed by atoms with van der Waals surface area (Å²) < 4.78 is -0.703. The fraction of sp³-hybridized carbons (Fsp3) is 0.519. The van der Waals surface area contributed by atoms with E-state index in [0.717, 1.165) is 21.7 Å². The molecular weight excluding hydrogens is 522 g/mol. The number of aromatic nitrogens is 1. The molecule has 2 aromatic rings. The predicted octanol–water partition coefficient (Wildman–Crippen LogP) is 2.63. The Morgan fingerprint density at radius 3 is 2.55 bits per heavy atom. The average molecular weight is 556 g/mol. The molecule has 1 aliphatic heterocycles. The zero-order chi connectivity index (χ0) is 27.7. The molecule has 2 aliphatic rings. The first-order valence-corrected chi connectivity index (χ1v) is 14.6. The Morgan fingerprint density at radius 1 is 1.32 bits per heavy atom. The van der Waals surface area contributed by atoms with Gasteiger partial charge in [0.15, 0.2) is 0 Å². The van der Waals surface area contributed by atoms with E-state index >= 15 is 0 Å². The number of aliphatic hydroxyl groups is 1. The number of rotatable bonds is 9. The van der Waals surface area contributed by atoms with E-state index in [1.165, 1.54) is 16.7 Å². The maximum absolute atomic E-state index is 13.8. The lowest BCUT2D eigenvalue weighted by molar-refractivity contribution is -0.142. The standard InChI is InChI=1S/C27H33N5O4S2/c1-16-21(38-15-30-16)18-7-5-17(6-8-18)12-29-23(34)20-11-19(33)13-32(20)24(35)22(26(2,3)37-4)31-25(36)27(14-28)9-10-27/h5-8,15,19-20,22,33H,9-13H2,1-4H3,(H,29,34)(H,31,36)/t19-,20+,22-/m1/s1. The second-order valence-electron chi connectivity index (χ2n) is 10.5. The van der Waals surface area contributed by atoms with E-state index in [1.807, 2.05) is 56.8 Å². The van der Waals surface area contributed by atoms with Crippen molar-refractivity contribution in [1.29, 1.82) is 5.26 Å². The number of hydrogen-bond acceptors (Lipinski definition) is 8. The van der Waals surface area contributed by atoms with Crippen LogP contribution in [0.2, 0.25) is 0 Å². The molecule has 1 saturated heterocycles. The molecule has 9 nitrogen and oxygen atoms in total. The Kier molecular flexibility index (Phi) is 8.16. The van der Waals surface area contributed by atoms with E-state index < -0.39 is 40.2 Å². The van der Waals surface area contributed by atoms with Gasteiger partial charge in [-0.05, 0) is 51.0 Å². The van der Waals surface area contributed by atoms with E-state index in [-0.39, 0.29) is 25.4 Å². The second-order valence-corrected chi connectivity index (χ2v) is 12.8. The van der Waals surface area contributed by atoms with Gasteiger partial charge in [0, 0.05) is 24.3 Å². The smallest absolute Gasteiger partial charge is 0.247 e. The number of aliphatic hydroxyl groups excluding tert-OH is 1. The van der Waals surface area contributed by atoms with Crippen LogP contribution in [0.3, 0.4) is 0 Å². The molecule has 3 N–H and O–H groups in total. The van der Waals surface area contributed by atoms with E-state index in [1.54, 1.807) is 11.3 Å². The first-order chi connectivity index (χ1) is 18.0. The summed E-state index contributed by atoms with van der Waals surface area (Å²) in [5.41, 5.74) is 3.67. The van der Waals surface area contributed by atoms with Crippen molar-refractivity contribution < 1.29 is 19.5 Å². The average Bonchev–Trinajstić information content (AvgIpc) is 3.45. The number of carbonyl (C=O) groups is 3. The molecule has 38 heavy (non-hydrogen) atoms. The molecule has 3 amide bonds. The summed E-state index contributed by atoms with van der Waals surface area (Å²) in [5.74, 6) is -1.26. The second kappa shape index (κ2) is 11.0. The number of thiazole rings is 1. The molecular formula is C27H33N5O4S2. The van der Waals surface area contributed by atoms with E-state index in [9.17, 15) is 24.8 Å². The van der Waals surface area contributed by atoms with Crippen LogP contribution in [0.1, 0.15) is 44.4 Å². The number of nitriles is 1. The van der Waals surface area contributed by atoms with Gasteiger partial charge < -0.3 is 20.6 Å². The minimum atomic E-state index is -1.08. The number of benzene rings is 1. The van der Waals surface area contributed by atoms with Gasteiger partial charge in [-0.25, -0.2) is 4.98 Å². The van der Waals surface area contributed by atoms with Crippen LogP contribution < -0.4 is 10.6 Å². The van der Waals surface area contributed by atoms with Gasteiger partial charge in [0.2, 0.25) is 17.7 Å². The summed E-state index contributed by atoms with van der Waals surface area (Å²) in [7, 11) is 0. The number of likely N-dealkylation sites (tertiary alicyclic amines) is 1.